The molecule has 21 heavy (non-hydrogen) atoms. The first-order chi connectivity index (χ1) is 10.1. The zero-order valence-corrected chi connectivity index (χ0v) is 12.3. The van der Waals surface area contributed by atoms with Gasteiger partial charge in [0.1, 0.15) is 11.4 Å². The number of esters is 1. The number of rotatable bonds is 5. The monoisotopic (exact) mass is 292 g/mol. The molecule has 1 aliphatic heterocycles. The van der Waals surface area contributed by atoms with Crippen molar-refractivity contribution in [1.82, 2.24) is 0 Å². The summed E-state index contributed by atoms with van der Waals surface area (Å²) in [6.45, 7) is 2.31. The number of para-hydroxylation sites is 1. The molecule has 1 aromatic carbocycles. The summed E-state index contributed by atoms with van der Waals surface area (Å²) in [5.74, 6) is 0.205. The van der Waals surface area contributed by atoms with Gasteiger partial charge in [0.15, 0.2) is 6.10 Å². The Balaban J connectivity index is 2.21. The molecule has 0 aliphatic carbocycles. The molecule has 1 aliphatic rings. The highest BCUT2D eigenvalue weighted by atomic mass is 16.5. The standard InChI is InChI=1S/C15H20N2O4/c1-3-11-15(19)17(9-5-8-13(18)20-2)14-10(16)6-4-7-12(14)21-11/h4,6-7,11H,3,5,8-9,16H2,1-2H3. The first-order valence-corrected chi connectivity index (χ1v) is 7.01. The van der Waals surface area contributed by atoms with Gasteiger partial charge in [0, 0.05) is 13.0 Å². The molecular weight excluding hydrogens is 272 g/mol. The average Bonchev–Trinajstić information content (AvgIpc) is 2.49. The summed E-state index contributed by atoms with van der Waals surface area (Å²) in [6, 6.07) is 5.33. The number of hydrogen-bond donors (Lipinski definition) is 1. The zero-order chi connectivity index (χ0) is 15.4. The van der Waals surface area contributed by atoms with E-state index >= 15 is 0 Å². The Bertz CT molecular complexity index is 544. The van der Waals surface area contributed by atoms with E-state index in [1.807, 2.05) is 6.92 Å². The SMILES string of the molecule is CCC1Oc2cccc(N)c2N(CCCC(=O)OC)C1=O. The van der Waals surface area contributed by atoms with Gasteiger partial charge in [-0.05, 0) is 25.0 Å². The first kappa shape index (κ1) is 15.2. The maximum atomic E-state index is 12.4. The fourth-order valence-corrected chi connectivity index (χ4v) is 2.37. The molecule has 0 spiro atoms. The molecule has 114 valence electrons. The van der Waals surface area contributed by atoms with E-state index in [-0.39, 0.29) is 18.3 Å². The Kier molecular flexibility index (Phi) is 4.67. The van der Waals surface area contributed by atoms with Crippen LogP contribution in [0.1, 0.15) is 26.2 Å². The van der Waals surface area contributed by atoms with Crippen molar-refractivity contribution in [3.05, 3.63) is 18.2 Å². The highest BCUT2D eigenvalue weighted by Gasteiger charge is 2.34. The second-order valence-electron chi connectivity index (χ2n) is 4.88. The van der Waals surface area contributed by atoms with Crippen LogP contribution in [0.3, 0.4) is 0 Å². The van der Waals surface area contributed by atoms with Crippen molar-refractivity contribution >= 4 is 23.3 Å². The third kappa shape index (κ3) is 3.09. The molecule has 0 saturated carbocycles. The van der Waals surface area contributed by atoms with Gasteiger partial charge in [-0.25, -0.2) is 0 Å². The molecule has 2 rings (SSSR count). The number of nitrogens with zero attached hydrogens (tertiary/aromatic N) is 1. The summed E-state index contributed by atoms with van der Waals surface area (Å²) >= 11 is 0. The van der Waals surface area contributed by atoms with Crippen LogP contribution in [0.15, 0.2) is 18.2 Å². The third-order valence-electron chi connectivity index (χ3n) is 3.47. The molecule has 0 fully saturated rings. The number of carbonyl (C=O) groups is 2. The lowest BCUT2D eigenvalue weighted by molar-refractivity contribution is -0.140. The fourth-order valence-electron chi connectivity index (χ4n) is 2.37. The molecule has 6 nitrogen and oxygen atoms in total. The van der Waals surface area contributed by atoms with Crippen molar-refractivity contribution in [2.75, 3.05) is 24.3 Å². The molecular formula is C15H20N2O4. The summed E-state index contributed by atoms with van der Waals surface area (Å²) < 4.78 is 10.3. The molecule has 1 aromatic rings. The first-order valence-electron chi connectivity index (χ1n) is 7.01. The van der Waals surface area contributed by atoms with E-state index in [9.17, 15) is 9.59 Å². The maximum absolute atomic E-state index is 12.4. The second kappa shape index (κ2) is 6.47. The number of benzene rings is 1. The lowest BCUT2D eigenvalue weighted by Gasteiger charge is -2.34. The highest BCUT2D eigenvalue weighted by molar-refractivity contribution is 6.03. The van der Waals surface area contributed by atoms with Crippen LogP contribution in [0.2, 0.25) is 0 Å². The largest absolute Gasteiger partial charge is 0.478 e. The molecule has 0 aromatic heterocycles. The number of hydrogen-bond acceptors (Lipinski definition) is 5. The summed E-state index contributed by atoms with van der Waals surface area (Å²) in [5, 5.41) is 0. The number of nitrogen functional groups attached to an aromatic ring is 1. The van der Waals surface area contributed by atoms with Crippen LogP contribution in [-0.4, -0.2) is 31.6 Å². The van der Waals surface area contributed by atoms with Gasteiger partial charge in [0.25, 0.3) is 5.91 Å². The Morgan fingerprint density at radius 1 is 1.48 bits per heavy atom. The summed E-state index contributed by atoms with van der Waals surface area (Å²) in [5.41, 5.74) is 7.06. The van der Waals surface area contributed by atoms with Crippen LogP contribution in [0, 0.1) is 0 Å². The Hall–Kier alpha value is -2.24. The van der Waals surface area contributed by atoms with Crippen molar-refractivity contribution in [2.24, 2.45) is 0 Å². The van der Waals surface area contributed by atoms with Gasteiger partial charge in [-0.15, -0.1) is 0 Å². The number of carbonyl (C=O) groups excluding carboxylic acids is 2. The van der Waals surface area contributed by atoms with E-state index in [1.54, 1.807) is 23.1 Å². The second-order valence-corrected chi connectivity index (χ2v) is 4.88. The van der Waals surface area contributed by atoms with E-state index in [0.717, 1.165) is 0 Å². The topological polar surface area (TPSA) is 81.9 Å². The number of nitrogens with two attached hydrogens (primary N) is 1. The van der Waals surface area contributed by atoms with Crippen LogP contribution >= 0.6 is 0 Å². The van der Waals surface area contributed by atoms with Crippen LogP contribution in [-0.2, 0) is 14.3 Å². The van der Waals surface area contributed by atoms with Crippen LogP contribution in [0.4, 0.5) is 11.4 Å². The normalized spacial score (nSPS) is 17.1. The molecule has 6 heteroatoms. The number of anilines is 2. The maximum Gasteiger partial charge on any atom is 0.305 e. The lowest BCUT2D eigenvalue weighted by Crippen LogP contribution is -2.46. The highest BCUT2D eigenvalue weighted by Crippen LogP contribution is 2.39. The summed E-state index contributed by atoms with van der Waals surface area (Å²) in [7, 11) is 1.35. The average molecular weight is 292 g/mol. The molecule has 1 unspecified atom stereocenters. The zero-order valence-electron chi connectivity index (χ0n) is 12.3. The molecule has 1 amide bonds. The van der Waals surface area contributed by atoms with E-state index in [4.69, 9.17) is 10.5 Å². The van der Waals surface area contributed by atoms with Gasteiger partial charge in [0.2, 0.25) is 0 Å². The minimum Gasteiger partial charge on any atom is -0.478 e. The van der Waals surface area contributed by atoms with Crippen molar-refractivity contribution < 1.29 is 19.1 Å². The molecule has 2 N–H and O–H groups in total. The smallest absolute Gasteiger partial charge is 0.305 e. The van der Waals surface area contributed by atoms with Crippen molar-refractivity contribution in [1.29, 1.82) is 0 Å². The quantitative estimate of drug-likeness (QED) is 0.660. The van der Waals surface area contributed by atoms with E-state index in [0.29, 0.717) is 36.5 Å². The van der Waals surface area contributed by atoms with Crippen molar-refractivity contribution in [3.63, 3.8) is 0 Å². The van der Waals surface area contributed by atoms with E-state index in [2.05, 4.69) is 4.74 Å². The van der Waals surface area contributed by atoms with Crippen LogP contribution in [0.5, 0.6) is 5.75 Å². The molecule has 0 saturated heterocycles. The third-order valence-corrected chi connectivity index (χ3v) is 3.47. The predicted octanol–water partition coefficient (Wildman–Crippen LogP) is 1.73. The molecule has 1 heterocycles. The number of amides is 1. The number of methoxy groups -OCH3 is 1. The fraction of sp³-hybridized carbons (Fsp3) is 0.467. The van der Waals surface area contributed by atoms with Crippen LogP contribution in [0.25, 0.3) is 0 Å². The van der Waals surface area contributed by atoms with Gasteiger partial charge in [-0.3, -0.25) is 9.59 Å². The Labute approximate surface area is 123 Å². The van der Waals surface area contributed by atoms with Crippen LogP contribution < -0.4 is 15.4 Å². The Morgan fingerprint density at radius 3 is 2.90 bits per heavy atom. The van der Waals surface area contributed by atoms with Crippen molar-refractivity contribution in [3.8, 4) is 5.75 Å². The van der Waals surface area contributed by atoms with E-state index in [1.165, 1.54) is 7.11 Å². The van der Waals surface area contributed by atoms with Crippen molar-refractivity contribution in [2.45, 2.75) is 32.3 Å². The molecule has 0 radical (unpaired) electrons. The number of fused-ring (bicyclic) bond motifs is 1. The summed E-state index contributed by atoms with van der Waals surface area (Å²) in [4.78, 5) is 25.3. The number of ether oxygens (including phenoxy) is 2. The predicted molar refractivity (Wildman–Crippen MR) is 79.2 cm³/mol. The van der Waals surface area contributed by atoms with Gasteiger partial charge in [-0.1, -0.05) is 13.0 Å². The van der Waals surface area contributed by atoms with Gasteiger partial charge in [0.05, 0.1) is 12.8 Å². The van der Waals surface area contributed by atoms with Gasteiger partial charge < -0.3 is 20.1 Å². The molecule has 1 atom stereocenters. The molecule has 0 bridgehead atoms. The summed E-state index contributed by atoms with van der Waals surface area (Å²) in [6.07, 6.45) is 0.862. The Morgan fingerprint density at radius 2 is 2.24 bits per heavy atom. The lowest BCUT2D eigenvalue weighted by atomic mass is 10.1. The van der Waals surface area contributed by atoms with Gasteiger partial charge in [-0.2, -0.15) is 0 Å². The minimum absolute atomic E-state index is 0.118. The van der Waals surface area contributed by atoms with Gasteiger partial charge >= 0.3 is 5.97 Å². The van der Waals surface area contributed by atoms with E-state index < -0.39 is 6.10 Å². The minimum atomic E-state index is -0.502.